The molecule has 0 aromatic heterocycles. The topological polar surface area (TPSA) is 38.3 Å². The Bertz CT molecular complexity index is 728. The van der Waals surface area contributed by atoms with E-state index in [1.54, 1.807) is 0 Å². The van der Waals surface area contributed by atoms with Crippen LogP contribution < -0.4 is 10.1 Å². The normalized spacial score (nSPS) is 15.4. The summed E-state index contributed by atoms with van der Waals surface area (Å²) >= 11 is 0. The molecule has 1 aliphatic rings. The van der Waals surface area contributed by atoms with Gasteiger partial charge in [-0.15, -0.1) is 0 Å². The van der Waals surface area contributed by atoms with Gasteiger partial charge in [-0.05, 0) is 54.2 Å². The Morgan fingerprint density at radius 2 is 1.74 bits per heavy atom. The maximum atomic E-state index is 12.6. The summed E-state index contributed by atoms with van der Waals surface area (Å²) in [5, 5.41) is 3.21. The van der Waals surface area contributed by atoms with Crippen molar-refractivity contribution in [3.63, 3.8) is 0 Å². The quantitative estimate of drug-likeness (QED) is 0.653. The second-order valence-corrected chi connectivity index (χ2v) is 7.87. The van der Waals surface area contributed by atoms with E-state index in [9.17, 15) is 4.79 Å². The summed E-state index contributed by atoms with van der Waals surface area (Å²) in [5.41, 5.74) is 3.03. The number of rotatable bonds is 6. The molecule has 0 saturated heterocycles. The van der Waals surface area contributed by atoms with Gasteiger partial charge in [-0.2, -0.15) is 0 Å². The molecule has 0 spiro atoms. The average molecular weight is 366 g/mol. The zero-order valence-electron chi connectivity index (χ0n) is 16.5. The fraction of sp³-hybridized carbons (Fsp3) is 0.458. The largest absolute Gasteiger partial charge is 0.489 e. The summed E-state index contributed by atoms with van der Waals surface area (Å²) in [5.74, 6) is 1.40. The monoisotopic (exact) mass is 365 g/mol. The third-order valence-corrected chi connectivity index (χ3v) is 5.33. The number of amides is 1. The minimum Gasteiger partial charge on any atom is -0.489 e. The highest BCUT2D eigenvalue weighted by Gasteiger charge is 2.16. The number of ether oxygens (including phenoxy) is 1. The zero-order chi connectivity index (χ0) is 19.1. The summed E-state index contributed by atoms with van der Waals surface area (Å²) in [7, 11) is 0. The van der Waals surface area contributed by atoms with Crippen molar-refractivity contribution in [2.75, 3.05) is 0 Å². The molecular formula is C24H31NO2. The van der Waals surface area contributed by atoms with E-state index >= 15 is 0 Å². The second kappa shape index (κ2) is 9.59. The Kier molecular flexibility index (Phi) is 6.92. The number of hydrogen-bond acceptors (Lipinski definition) is 2. The molecule has 0 atom stereocenters. The van der Waals surface area contributed by atoms with Crippen molar-refractivity contribution in [2.24, 2.45) is 0 Å². The van der Waals surface area contributed by atoms with Gasteiger partial charge in [0.05, 0.1) is 0 Å². The molecule has 0 unspecified atom stereocenters. The van der Waals surface area contributed by atoms with Crippen LogP contribution in [0.3, 0.4) is 0 Å². The Labute approximate surface area is 163 Å². The highest BCUT2D eigenvalue weighted by atomic mass is 16.5. The minimum absolute atomic E-state index is 0.0324. The first kappa shape index (κ1) is 19.5. The minimum atomic E-state index is 0.0324. The van der Waals surface area contributed by atoms with Crippen LogP contribution in [0.1, 0.15) is 79.8 Å². The number of hydrogen-bond donors (Lipinski definition) is 1. The van der Waals surface area contributed by atoms with Crippen molar-refractivity contribution in [3.8, 4) is 5.75 Å². The van der Waals surface area contributed by atoms with Gasteiger partial charge in [0, 0.05) is 11.6 Å². The third kappa shape index (κ3) is 5.85. The van der Waals surface area contributed by atoms with Crippen molar-refractivity contribution in [1.82, 2.24) is 5.32 Å². The lowest BCUT2D eigenvalue weighted by Gasteiger charge is -2.16. The van der Waals surface area contributed by atoms with Crippen LogP contribution in [0.4, 0.5) is 0 Å². The molecule has 27 heavy (non-hydrogen) atoms. The average Bonchev–Trinajstić information content (AvgIpc) is 2.95. The van der Waals surface area contributed by atoms with Gasteiger partial charge in [0.25, 0.3) is 5.91 Å². The summed E-state index contributed by atoms with van der Waals surface area (Å²) in [4.78, 5) is 12.6. The van der Waals surface area contributed by atoms with Crippen molar-refractivity contribution in [1.29, 1.82) is 0 Å². The van der Waals surface area contributed by atoms with Gasteiger partial charge in [0.1, 0.15) is 12.4 Å². The molecule has 3 nitrogen and oxygen atoms in total. The van der Waals surface area contributed by atoms with Crippen LogP contribution in [-0.2, 0) is 6.61 Å². The summed E-state index contributed by atoms with van der Waals surface area (Å²) in [6, 6.07) is 16.3. The Morgan fingerprint density at radius 1 is 1.04 bits per heavy atom. The molecule has 0 radical (unpaired) electrons. The van der Waals surface area contributed by atoms with E-state index in [-0.39, 0.29) is 5.91 Å². The molecular weight excluding hydrogens is 334 g/mol. The maximum absolute atomic E-state index is 12.6. The van der Waals surface area contributed by atoms with Gasteiger partial charge < -0.3 is 10.1 Å². The highest BCUT2D eigenvalue weighted by Crippen LogP contribution is 2.20. The molecule has 1 aliphatic carbocycles. The summed E-state index contributed by atoms with van der Waals surface area (Å²) < 4.78 is 5.90. The van der Waals surface area contributed by atoms with Gasteiger partial charge in [-0.1, -0.05) is 63.8 Å². The maximum Gasteiger partial charge on any atom is 0.251 e. The number of nitrogens with one attached hydrogen (secondary N) is 1. The molecule has 1 amide bonds. The Balaban J connectivity index is 1.57. The molecule has 0 aliphatic heterocycles. The lowest BCUT2D eigenvalue weighted by Crippen LogP contribution is -2.34. The first-order chi connectivity index (χ1) is 13.1. The number of benzene rings is 2. The molecule has 1 saturated carbocycles. The molecule has 3 rings (SSSR count). The first-order valence-corrected chi connectivity index (χ1v) is 10.2. The van der Waals surface area contributed by atoms with Crippen LogP contribution in [0.25, 0.3) is 0 Å². The van der Waals surface area contributed by atoms with E-state index in [2.05, 4.69) is 31.3 Å². The van der Waals surface area contributed by atoms with E-state index in [1.807, 2.05) is 36.4 Å². The van der Waals surface area contributed by atoms with Gasteiger partial charge in [-0.25, -0.2) is 0 Å². The van der Waals surface area contributed by atoms with Crippen LogP contribution in [0.5, 0.6) is 5.75 Å². The Hall–Kier alpha value is -2.29. The standard InChI is InChI=1S/C24H31NO2/c1-18(2)20-12-14-23(15-13-20)27-17-19-8-7-9-21(16-19)24(26)25-22-10-5-3-4-6-11-22/h7-9,12-16,18,22H,3-6,10-11,17H2,1-2H3,(H,25,26). The van der Waals surface area contributed by atoms with Gasteiger partial charge in [0.15, 0.2) is 0 Å². The fourth-order valence-electron chi connectivity index (χ4n) is 3.61. The van der Waals surface area contributed by atoms with Crippen LogP contribution in [0, 0.1) is 0 Å². The smallest absolute Gasteiger partial charge is 0.251 e. The Morgan fingerprint density at radius 3 is 2.41 bits per heavy atom. The summed E-state index contributed by atoms with van der Waals surface area (Å²) in [6.45, 7) is 4.83. The van der Waals surface area contributed by atoms with Gasteiger partial charge in [0.2, 0.25) is 0 Å². The van der Waals surface area contributed by atoms with Crippen molar-refractivity contribution in [3.05, 3.63) is 65.2 Å². The molecule has 0 heterocycles. The van der Waals surface area contributed by atoms with Gasteiger partial charge in [-0.3, -0.25) is 4.79 Å². The van der Waals surface area contributed by atoms with Gasteiger partial charge >= 0.3 is 0 Å². The van der Waals surface area contributed by atoms with E-state index in [1.165, 1.54) is 31.2 Å². The van der Waals surface area contributed by atoms with Crippen LogP contribution >= 0.6 is 0 Å². The predicted molar refractivity (Wildman–Crippen MR) is 110 cm³/mol. The molecule has 1 fully saturated rings. The SMILES string of the molecule is CC(C)c1ccc(OCc2cccc(C(=O)NC3CCCCCC3)c2)cc1. The van der Waals surface area contributed by atoms with Crippen molar-refractivity contribution < 1.29 is 9.53 Å². The van der Waals surface area contributed by atoms with Crippen LogP contribution in [-0.4, -0.2) is 11.9 Å². The van der Waals surface area contributed by atoms with Crippen LogP contribution in [0.2, 0.25) is 0 Å². The van der Waals surface area contributed by atoms with Crippen LogP contribution in [0.15, 0.2) is 48.5 Å². The molecule has 2 aromatic rings. The second-order valence-electron chi connectivity index (χ2n) is 7.87. The molecule has 144 valence electrons. The van der Waals surface area contributed by atoms with E-state index in [0.717, 1.165) is 29.7 Å². The van der Waals surface area contributed by atoms with Crippen molar-refractivity contribution in [2.45, 2.75) is 70.9 Å². The number of carbonyl (C=O) groups is 1. The fourth-order valence-corrected chi connectivity index (χ4v) is 3.61. The molecule has 2 aromatic carbocycles. The first-order valence-electron chi connectivity index (χ1n) is 10.2. The molecule has 1 N–H and O–H groups in total. The molecule has 3 heteroatoms. The van der Waals surface area contributed by atoms with E-state index in [0.29, 0.717) is 18.6 Å². The lowest BCUT2D eigenvalue weighted by molar-refractivity contribution is 0.0933. The van der Waals surface area contributed by atoms with Crippen molar-refractivity contribution >= 4 is 5.91 Å². The lowest BCUT2D eigenvalue weighted by atomic mass is 10.0. The highest BCUT2D eigenvalue weighted by molar-refractivity contribution is 5.94. The zero-order valence-corrected chi connectivity index (χ0v) is 16.5. The predicted octanol–water partition coefficient (Wildman–Crippen LogP) is 5.84. The summed E-state index contributed by atoms with van der Waals surface area (Å²) in [6.07, 6.45) is 7.21. The molecule has 0 bridgehead atoms. The van der Waals surface area contributed by atoms with E-state index < -0.39 is 0 Å². The van der Waals surface area contributed by atoms with E-state index in [4.69, 9.17) is 4.74 Å². The third-order valence-electron chi connectivity index (χ3n) is 5.33. The number of carbonyl (C=O) groups excluding carboxylic acids is 1.